The smallest absolute Gasteiger partial charge is 0.253 e. The van der Waals surface area contributed by atoms with E-state index in [0.717, 1.165) is 35.1 Å². The van der Waals surface area contributed by atoms with E-state index in [1.54, 1.807) is 0 Å². The fourth-order valence-corrected chi connectivity index (χ4v) is 2.70. The van der Waals surface area contributed by atoms with Crippen molar-refractivity contribution in [3.05, 3.63) is 33.4 Å². The van der Waals surface area contributed by atoms with Crippen molar-refractivity contribution in [3.63, 3.8) is 0 Å². The van der Waals surface area contributed by atoms with Crippen LogP contribution in [0.3, 0.4) is 0 Å². The minimum atomic E-state index is 0.140. The van der Waals surface area contributed by atoms with Crippen LogP contribution >= 0.6 is 22.6 Å². The van der Waals surface area contributed by atoms with Crippen LogP contribution < -0.4 is 0 Å². The fourth-order valence-electron chi connectivity index (χ4n) is 2.34. The van der Waals surface area contributed by atoms with Gasteiger partial charge in [0.05, 0.1) is 0 Å². The summed E-state index contributed by atoms with van der Waals surface area (Å²) in [6.07, 6.45) is 2.15. The zero-order valence-electron chi connectivity index (χ0n) is 10.9. The second kappa shape index (κ2) is 6.02. The Morgan fingerprint density at radius 1 is 1.28 bits per heavy atom. The molecule has 0 atom stereocenters. The van der Waals surface area contributed by atoms with E-state index in [0.29, 0.717) is 6.04 Å². The van der Waals surface area contributed by atoms with Gasteiger partial charge in [-0.15, -0.1) is 0 Å². The van der Waals surface area contributed by atoms with Crippen molar-refractivity contribution >= 4 is 28.5 Å². The van der Waals surface area contributed by atoms with Crippen molar-refractivity contribution in [2.75, 3.05) is 27.2 Å². The Morgan fingerprint density at radius 2 is 1.83 bits per heavy atom. The number of halogens is 1. The topological polar surface area (TPSA) is 23.6 Å². The number of carbonyl (C=O) groups is 1. The number of hydrogen-bond donors (Lipinski definition) is 0. The van der Waals surface area contributed by atoms with Crippen LogP contribution in [0.2, 0.25) is 0 Å². The van der Waals surface area contributed by atoms with Gasteiger partial charge in [-0.1, -0.05) is 0 Å². The average Bonchev–Trinajstić information content (AvgIpc) is 2.39. The number of amides is 1. The normalized spacial score (nSPS) is 17.7. The minimum absolute atomic E-state index is 0.140. The standard InChI is InChI=1S/C14H19IN2O/c1-16-9-7-13(8-10-16)17(2)14(18)11-3-5-12(15)6-4-11/h3-6,13H,7-10H2,1-2H3. The highest BCUT2D eigenvalue weighted by molar-refractivity contribution is 14.1. The monoisotopic (exact) mass is 358 g/mol. The summed E-state index contributed by atoms with van der Waals surface area (Å²) < 4.78 is 1.16. The van der Waals surface area contributed by atoms with E-state index < -0.39 is 0 Å². The van der Waals surface area contributed by atoms with Gasteiger partial charge in [0.25, 0.3) is 5.91 Å². The van der Waals surface area contributed by atoms with Gasteiger partial charge in [0.15, 0.2) is 0 Å². The first-order valence-corrected chi connectivity index (χ1v) is 7.37. The third kappa shape index (κ3) is 3.23. The molecule has 4 heteroatoms. The highest BCUT2D eigenvalue weighted by Crippen LogP contribution is 2.17. The second-order valence-corrected chi connectivity index (χ2v) is 6.20. The molecular weight excluding hydrogens is 339 g/mol. The summed E-state index contributed by atoms with van der Waals surface area (Å²) in [5.74, 6) is 0.140. The molecule has 0 bridgehead atoms. The summed E-state index contributed by atoms with van der Waals surface area (Å²) in [5, 5.41) is 0. The summed E-state index contributed by atoms with van der Waals surface area (Å²) in [7, 11) is 4.06. The Balaban J connectivity index is 2.02. The van der Waals surface area contributed by atoms with Crippen molar-refractivity contribution in [2.24, 2.45) is 0 Å². The summed E-state index contributed by atoms with van der Waals surface area (Å²) >= 11 is 2.25. The molecule has 0 aromatic heterocycles. The van der Waals surface area contributed by atoms with Crippen LogP contribution in [0.5, 0.6) is 0 Å². The van der Waals surface area contributed by atoms with Crippen LogP contribution in [0, 0.1) is 3.57 Å². The van der Waals surface area contributed by atoms with Gasteiger partial charge in [0.2, 0.25) is 0 Å². The molecule has 0 radical (unpaired) electrons. The van der Waals surface area contributed by atoms with Crippen LogP contribution in [-0.2, 0) is 0 Å². The third-order valence-electron chi connectivity index (χ3n) is 3.65. The van der Waals surface area contributed by atoms with Crippen LogP contribution in [0.1, 0.15) is 23.2 Å². The van der Waals surface area contributed by atoms with Crippen molar-refractivity contribution in [3.8, 4) is 0 Å². The van der Waals surface area contributed by atoms with E-state index in [2.05, 4.69) is 34.5 Å². The van der Waals surface area contributed by atoms with Gasteiger partial charge in [0.1, 0.15) is 0 Å². The molecule has 3 nitrogen and oxygen atoms in total. The summed E-state index contributed by atoms with van der Waals surface area (Å²) in [6, 6.07) is 8.17. The zero-order chi connectivity index (χ0) is 13.1. The Morgan fingerprint density at radius 3 is 2.39 bits per heavy atom. The van der Waals surface area contributed by atoms with Crippen molar-refractivity contribution in [1.82, 2.24) is 9.80 Å². The molecule has 98 valence electrons. The molecule has 1 aromatic rings. The predicted octanol–water partition coefficient (Wildman–Crippen LogP) is 2.46. The SMILES string of the molecule is CN1CCC(N(C)C(=O)c2ccc(I)cc2)CC1. The van der Waals surface area contributed by atoms with E-state index in [9.17, 15) is 4.79 Å². The van der Waals surface area contributed by atoms with Crippen LogP contribution in [0.4, 0.5) is 0 Å². The van der Waals surface area contributed by atoms with E-state index in [1.807, 2.05) is 36.2 Å². The molecule has 1 aliphatic heterocycles. The molecule has 1 heterocycles. The number of piperidine rings is 1. The van der Waals surface area contributed by atoms with E-state index >= 15 is 0 Å². The number of benzene rings is 1. The molecule has 0 aliphatic carbocycles. The van der Waals surface area contributed by atoms with Crippen molar-refractivity contribution in [1.29, 1.82) is 0 Å². The average molecular weight is 358 g/mol. The van der Waals surface area contributed by atoms with Gasteiger partial charge < -0.3 is 9.80 Å². The molecular formula is C14H19IN2O. The summed E-state index contributed by atoms with van der Waals surface area (Å²) in [6.45, 7) is 2.16. The first kappa shape index (κ1) is 13.8. The lowest BCUT2D eigenvalue weighted by molar-refractivity contribution is 0.0659. The number of hydrogen-bond acceptors (Lipinski definition) is 2. The van der Waals surface area contributed by atoms with Gasteiger partial charge in [-0.25, -0.2) is 0 Å². The highest BCUT2D eigenvalue weighted by Gasteiger charge is 2.24. The van der Waals surface area contributed by atoms with Crippen LogP contribution in [0.25, 0.3) is 0 Å². The molecule has 0 N–H and O–H groups in total. The molecule has 0 unspecified atom stereocenters. The summed E-state index contributed by atoms with van der Waals surface area (Å²) in [4.78, 5) is 16.6. The minimum Gasteiger partial charge on any atom is -0.339 e. The molecule has 0 spiro atoms. The maximum atomic E-state index is 12.3. The largest absolute Gasteiger partial charge is 0.339 e. The molecule has 2 rings (SSSR count). The molecule has 0 saturated carbocycles. The molecule has 1 fully saturated rings. The van der Waals surface area contributed by atoms with Gasteiger partial charge in [-0.3, -0.25) is 4.79 Å². The van der Waals surface area contributed by atoms with Gasteiger partial charge >= 0.3 is 0 Å². The maximum Gasteiger partial charge on any atom is 0.253 e. The van der Waals surface area contributed by atoms with Gasteiger partial charge in [0, 0.05) is 22.2 Å². The van der Waals surface area contributed by atoms with Gasteiger partial charge in [-0.05, 0) is 79.8 Å². The Bertz CT molecular complexity index is 410. The fraction of sp³-hybridized carbons (Fsp3) is 0.500. The zero-order valence-corrected chi connectivity index (χ0v) is 13.1. The molecule has 1 aliphatic rings. The Labute approximate surface area is 122 Å². The van der Waals surface area contributed by atoms with Gasteiger partial charge in [-0.2, -0.15) is 0 Å². The number of likely N-dealkylation sites (tertiary alicyclic amines) is 1. The van der Waals surface area contributed by atoms with Crippen molar-refractivity contribution in [2.45, 2.75) is 18.9 Å². The lowest BCUT2D eigenvalue weighted by Crippen LogP contribution is -2.44. The molecule has 1 aromatic carbocycles. The maximum absolute atomic E-state index is 12.3. The lowest BCUT2D eigenvalue weighted by Gasteiger charge is -2.35. The van der Waals surface area contributed by atoms with Crippen LogP contribution in [-0.4, -0.2) is 48.9 Å². The Kier molecular flexibility index (Phi) is 4.61. The molecule has 1 saturated heterocycles. The quantitative estimate of drug-likeness (QED) is 0.759. The number of nitrogens with zero attached hydrogens (tertiary/aromatic N) is 2. The first-order chi connectivity index (χ1) is 8.58. The Hall–Kier alpha value is -0.620. The third-order valence-corrected chi connectivity index (χ3v) is 4.37. The predicted molar refractivity (Wildman–Crippen MR) is 81.8 cm³/mol. The highest BCUT2D eigenvalue weighted by atomic mass is 127. The first-order valence-electron chi connectivity index (χ1n) is 6.29. The van der Waals surface area contributed by atoms with Crippen LogP contribution in [0.15, 0.2) is 24.3 Å². The molecule has 1 amide bonds. The van der Waals surface area contributed by atoms with Crippen molar-refractivity contribution < 1.29 is 4.79 Å². The van der Waals surface area contributed by atoms with E-state index in [1.165, 1.54) is 0 Å². The van der Waals surface area contributed by atoms with E-state index in [4.69, 9.17) is 0 Å². The molecule has 18 heavy (non-hydrogen) atoms. The lowest BCUT2D eigenvalue weighted by atomic mass is 10.0. The second-order valence-electron chi connectivity index (χ2n) is 4.96. The number of carbonyl (C=O) groups excluding carboxylic acids is 1. The van der Waals surface area contributed by atoms with E-state index in [-0.39, 0.29) is 5.91 Å². The number of rotatable bonds is 2. The summed E-state index contributed by atoms with van der Waals surface area (Å²) in [5.41, 5.74) is 0.789.